The molecular formula is C23H24N4O3S. The second kappa shape index (κ2) is 9.26. The average molecular weight is 437 g/mol. The van der Waals surface area contributed by atoms with Crippen molar-refractivity contribution in [1.29, 1.82) is 0 Å². The van der Waals surface area contributed by atoms with Crippen LogP contribution in [0.4, 0.5) is 0 Å². The Kier molecular flexibility index (Phi) is 6.27. The highest BCUT2D eigenvalue weighted by Gasteiger charge is 2.17. The van der Waals surface area contributed by atoms with Crippen LogP contribution in [-0.4, -0.2) is 33.0 Å². The van der Waals surface area contributed by atoms with Crippen LogP contribution < -0.4 is 10.1 Å². The third kappa shape index (κ3) is 4.74. The van der Waals surface area contributed by atoms with Crippen molar-refractivity contribution in [3.05, 3.63) is 66.2 Å². The lowest BCUT2D eigenvalue weighted by molar-refractivity contribution is -0.119. The number of furan rings is 1. The van der Waals surface area contributed by atoms with Crippen molar-refractivity contribution in [2.24, 2.45) is 0 Å². The molecule has 8 heteroatoms. The predicted octanol–water partition coefficient (Wildman–Crippen LogP) is 4.69. The fourth-order valence-electron chi connectivity index (χ4n) is 3.23. The number of hydrogen-bond donors (Lipinski definition) is 1. The predicted molar refractivity (Wildman–Crippen MR) is 121 cm³/mol. The summed E-state index contributed by atoms with van der Waals surface area (Å²) in [7, 11) is 0. The van der Waals surface area contributed by atoms with Crippen LogP contribution >= 0.6 is 11.8 Å². The minimum atomic E-state index is -0.273. The first kappa shape index (κ1) is 21.0. The van der Waals surface area contributed by atoms with E-state index in [0.29, 0.717) is 28.9 Å². The zero-order valence-electron chi connectivity index (χ0n) is 17.7. The number of aromatic nitrogens is 3. The highest BCUT2D eigenvalue weighted by Crippen LogP contribution is 2.31. The Hall–Kier alpha value is -3.26. The third-order valence-electron chi connectivity index (χ3n) is 4.79. The lowest BCUT2D eigenvalue weighted by Crippen LogP contribution is -2.28. The van der Waals surface area contributed by atoms with Crippen LogP contribution in [0.1, 0.15) is 31.2 Å². The first-order valence-corrected chi connectivity index (χ1v) is 11.1. The van der Waals surface area contributed by atoms with Crippen molar-refractivity contribution in [2.45, 2.75) is 32.0 Å². The Morgan fingerprint density at radius 2 is 2.06 bits per heavy atom. The van der Waals surface area contributed by atoms with Crippen LogP contribution in [0.15, 0.2) is 64.4 Å². The highest BCUT2D eigenvalue weighted by molar-refractivity contribution is 7.99. The molecule has 2 aromatic heterocycles. The maximum absolute atomic E-state index is 12.5. The van der Waals surface area contributed by atoms with Gasteiger partial charge in [-0.1, -0.05) is 41.6 Å². The minimum Gasteiger partial charge on any atom is -0.490 e. The Balaban J connectivity index is 1.40. The molecule has 2 heterocycles. The Morgan fingerprint density at radius 1 is 1.26 bits per heavy atom. The van der Waals surface area contributed by atoms with E-state index in [9.17, 15) is 4.79 Å². The Morgan fingerprint density at radius 3 is 2.84 bits per heavy atom. The molecule has 31 heavy (non-hydrogen) atoms. The number of para-hydroxylation sites is 1. The summed E-state index contributed by atoms with van der Waals surface area (Å²) in [5, 5.41) is 12.7. The molecule has 2 aromatic carbocycles. The molecule has 0 saturated heterocycles. The van der Waals surface area contributed by atoms with Crippen molar-refractivity contribution in [1.82, 2.24) is 20.1 Å². The van der Waals surface area contributed by atoms with Gasteiger partial charge in [0.05, 0.1) is 18.4 Å². The maximum atomic E-state index is 12.5. The number of fused-ring (bicyclic) bond motifs is 1. The number of hydrogen-bond acceptors (Lipinski definition) is 6. The third-order valence-corrected chi connectivity index (χ3v) is 5.74. The summed E-state index contributed by atoms with van der Waals surface area (Å²) in [6, 6.07) is 15.5. The van der Waals surface area contributed by atoms with Crippen LogP contribution in [0.3, 0.4) is 0 Å². The van der Waals surface area contributed by atoms with Gasteiger partial charge >= 0.3 is 0 Å². The van der Waals surface area contributed by atoms with Crippen molar-refractivity contribution in [2.75, 3.05) is 12.4 Å². The van der Waals surface area contributed by atoms with Gasteiger partial charge in [0.15, 0.2) is 16.5 Å². The van der Waals surface area contributed by atoms with Gasteiger partial charge in [0, 0.05) is 11.1 Å². The number of nitrogens with one attached hydrogen (secondary N) is 1. The van der Waals surface area contributed by atoms with Crippen molar-refractivity contribution in [3.63, 3.8) is 0 Å². The number of aryl methyl sites for hydroxylation is 1. The van der Waals surface area contributed by atoms with Gasteiger partial charge < -0.3 is 14.5 Å². The first-order valence-electron chi connectivity index (χ1n) is 10.1. The number of carbonyl (C=O) groups excluding carboxylic acids is 1. The SMILES string of the molecule is CCOc1cccc2cc(C(C)NC(=O)CSc3nncn3-c3ccc(C)cc3)oc12. The van der Waals surface area contributed by atoms with Gasteiger partial charge in [-0.15, -0.1) is 10.2 Å². The number of nitrogens with zero attached hydrogens (tertiary/aromatic N) is 3. The van der Waals surface area contributed by atoms with Gasteiger partial charge in [-0.05, 0) is 45.0 Å². The molecule has 0 fully saturated rings. The van der Waals surface area contributed by atoms with E-state index in [1.54, 1.807) is 6.33 Å². The largest absolute Gasteiger partial charge is 0.490 e. The van der Waals surface area contributed by atoms with E-state index < -0.39 is 0 Å². The summed E-state index contributed by atoms with van der Waals surface area (Å²) in [6.07, 6.45) is 1.65. The first-order chi connectivity index (χ1) is 15.0. The van der Waals surface area contributed by atoms with Gasteiger partial charge in [0.2, 0.25) is 5.91 Å². The fraction of sp³-hybridized carbons (Fsp3) is 0.261. The maximum Gasteiger partial charge on any atom is 0.231 e. The van der Waals surface area contributed by atoms with Crippen molar-refractivity contribution >= 4 is 28.6 Å². The van der Waals surface area contributed by atoms with Crippen molar-refractivity contribution in [3.8, 4) is 11.4 Å². The second-order valence-electron chi connectivity index (χ2n) is 7.15. The molecule has 0 radical (unpaired) electrons. The summed E-state index contributed by atoms with van der Waals surface area (Å²) in [5.74, 6) is 1.50. The summed E-state index contributed by atoms with van der Waals surface area (Å²) in [5.41, 5.74) is 2.83. The number of thioether (sulfide) groups is 1. The monoisotopic (exact) mass is 436 g/mol. The van der Waals surface area contributed by atoms with E-state index in [-0.39, 0.29) is 17.7 Å². The standard InChI is InChI=1S/C23H24N4O3S/c1-4-29-19-7-5-6-17-12-20(30-22(17)19)16(3)25-21(28)13-31-23-26-24-14-27(23)18-10-8-15(2)9-11-18/h5-12,14,16H,4,13H2,1-3H3,(H,25,28). The molecule has 160 valence electrons. The van der Waals surface area contributed by atoms with Crippen LogP contribution in [0.5, 0.6) is 5.75 Å². The summed E-state index contributed by atoms with van der Waals surface area (Å²) in [6.45, 7) is 6.43. The van der Waals surface area contributed by atoms with Crippen LogP contribution in [-0.2, 0) is 4.79 Å². The average Bonchev–Trinajstić information content (AvgIpc) is 3.41. The smallest absolute Gasteiger partial charge is 0.231 e. The van der Waals surface area contributed by atoms with Crippen molar-refractivity contribution < 1.29 is 13.9 Å². The lowest BCUT2D eigenvalue weighted by atomic mass is 10.2. The van der Waals surface area contributed by atoms with Gasteiger partial charge in [-0.3, -0.25) is 9.36 Å². The molecule has 1 N–H and O–H groups in total. The molecule has 1 atom stereocenters. The van der Waals surface area contributed by atoms with Gasteiger partial charge in [0.1, 0.15) is 12.1 Å². The van der Waals surface area contributed by atoms with Gasteiger partial charge in [-0.2, -0.15) is 0 Å². The number of rotatable bonds is 8. The van der Waals surface area contributed by atoms with Crippen LogP contribution in [0, 0.1) is 6.92 Å². The minimum absolute atomic E-state index is 0.110. The quantitative estimate of drug-likeness (QED) is 0.404. The fourth-order valence-corrected chi connectivity index (χ4v) is 3.97. The molecule has 1 unspecified atom stereocenters. The molecule has 4 aromatic rings. The van der Waals surface area contributed by atoms with Gasteiger partial charge in [-0.25, -0.2) is 0 Å². The topological polar surface area (TPSA) is 82.2 Å². The zero-order chi connectivity index (χ0) is 21.8. The molecule has 0 aliphatic rings. The molecule has 0 saturated carbocycles. The lowest BCUT2D eigenvalue weighted by Gasteiger charge is -2.11. The Labute approximate surface area is 184 Å². The summed E-state index contributed by atoms with van der Waals surface area (Å²) in [4.78, 5) is 12.5. The highest BCUT2D eigenvalue weighted by atomic mass is 32.2. The number of ether oxygens (including phenoxy) is 1. The van der Waals surface area contributed by atoms with Gasteiger partial charge in [0.25, 0.3) is 0 Å². The molecule has 7 nitrogen and oxygen atoms in total. The van der Waals surface area contributed by atoms with E-state index >= 15 is 0 Å². The number of amides is 1. The molecule has 0 spiro atoms. The van der Waals surface area contributed by atoms with E-state index in [4.69, 9.17) is 9.15 Å². The van der Waals surface area contributed by atoms with Crippen LogP contribution in [0.2, 0.25) is 0 Å². The van der Waals surface area contributed by atoms with E-state index in [2.05, 4.69) is 15.5 Å². The summed E-state index contributed by atoms with van der Waals surface area (Å²) < 4.78 is 13.5. The van der Waals surface area contributed by atoms with E-state index in [1.165, 1.54) is 17.3 Å². The number of carbonyl (C=O) groups is 1. The van der Waals surface area contributed by atoms with E-state index in [0.717, 1.165) is 11.1 Å². The molecule has 0 aliphatic heterocycles. The normalized spacial score (nSPS) is 12.1. The van der Waals surface area contributed by atoms with E-state index in [1.807, 2.05) is 73.9 Å². The number of benzene rings is 2. The molecule has 0 aliphatic carbocycles. The molecule has 1 amide bonds. The summed E-state index contributed by atoms with van der Waals surface area (Å²) >= 11 is 1.34. The van der Waals surface area contributed by atoms with Crippen LogP contribution in [0.25, 0.3) is 16.7 Å². The molecular weight excluding hydrogens is 412 g/mol. The molecule has 4 rings (SSSR count). The zero-order valence-corrected chi connectivity index (χ0v) is 18.5. The Bertz CT molecular complexity index is 1180. The molecule has 0 bridgehead atoms. The second-order valence-corrected chi connectivity index (χ2v) is 8.10.